The Hall–Kier alpha value is -3.68. The third-order valence-electron chi connectivity index (χ3n) is 5.69. The summed E-state index contributed by atoms with van der Waals surface area (Å²) in [5.74, 6) is -3.23. The molecule has 2 aliphatic heterocycles. The number of hydrogen-bond donors (Lipinski definition) is 0. The van der Waals surface area contributed by atoms with E-state index in [1.807, 2.05) is 0 Å². The van der Waals surface area contributed by atoms with Crippen molar-refractivity contribution >= 4 is 5.91 Å². The summed E-state index contributed by atoms with van der Waals surface area (Å²) in [6, 6.07) is 0.637. The predicted molar refractivity (Wildman–Crippen MR) is 102 cm³/mol. The first kappa shape index (κ1) is 22.1. The number of rotatable bonds is 3. The zero-order valence-electron chi connectivity index (χ0n) is 17.4. The van der Waals surface area contributed by atoms with Crippen LogP contribution in [0.3, 0.4) is 0 Å². The van der Waals surface area contributed by atoms with Crippen LogP contribution in [0.2, 0.25) is 0 Å². The van der Waals surface area contributed by atoms with Crippen LogP contribution in [0.4, 0.5) is 22.0 Å². The maximum Gasteiger partial charge on any atom is 0.436 e. The lowest BCUT2D eigenvalue weighted by Crippen LogP contribution is -2.56. The van der Waals surface area contributed by atoms with Crippen molar-refractivity contribution in [1.82, 2.24) is 29.6 Å². The minimum atomic E-state index is -5.07. The third-order valence-corrected chi connectivity index (χ3v) is 5.69. The van der Waals surface area contributed by atoms with Crippen LogP contribution in [0, 0.1) is 11.6 Å². The van der Waals surface area contributed by atoms with Crippen molar-refractivity contribution in [3.8, 4) is 17.3 Å². The highest BCUT2D eigenvalue weighted by atomic mass is 19.4. The summed E-state index contributed by atoms with van der Waals surface area (Å²) in [7, 11) is 1.30. The van der Waals surface area contributed by atoms with Crippen LogP contribution in [0.15, 0.2) is 24.5 Å². The molecule has 0 spiro atoms. The second-order valence-corrected chi connectivity index (χ2v) is 7.61. The number of aromatic nitrogens is 5. The van der Waals surface area contributed by atoms with E-state index in [1.165, 1.54) is 24.3 Å². The molecule has 178 valence electrons. The highest BCUT2D eigenvalue weighted by molar-refractivity contribution is 5.95. The summed E-state index contributed by atoms with van der Waals surface area (Å²) in [6.07, 6.45) is -3.00. The maximum atomic E-state index is 14.8. The van der Waals surface area contributed by atoms with E-state index >= 15 is 0 Å². The Balaban J connectivity index is 1.55. The van der Waals surface area contributed by atoms with Crippen LogP contribution < -0.4 is 4.74 Å². The monoisotopic (exact) mass is 482 g/mol. The minimum Gasteiger partial charge on any atom is -0.494 e. The van der Waals surface area contributed by atoms with Gasteiger partial charge >= 0.3 is 6.18 Å². The fourth-order valence-corrected chi connectivity index (χ4v) is 4.19. The SMILES string of the molecule is COc1ccnc(-c2nnc3n2C[C@@H]2COC[C@H]3N2C(=O)c2ccnc(C(F)(F)F)c2F)c1F. The summed E-state index contributed by atoms with van der Waals surface area (Å²) >= 11 is 0. The zero-order valence-corrected chi connectivity index (χ0v) is 17.4. The van der Waals surface area contributed by atoms with Gasteiger partial charge in [0.25, 0.3) is 5.91 Å². The first-order chi connectivity index (χ1) is 16.2. The number of carbonyl (C=O) groups excluding carboxylic acids is 1. The van der Waals surface area contributed by atoms with E-state index in [0.29, 0.717) is 0 Å². The predicted octanol–water partition coefficient (Wildman–Crippen LogP) is 2.64. The molecular weight excluding hydrogens is 467 g/mol. The first-order valence-electron chi connectivity index (χ1n) is 9.96. The van der Waals surface area contributed by atoms with Gasteiger partial charge in [0.1, 0.15) is 11.7 Å². The number of morpholine rings is 1. The number of carbonyl (C=O) groups is 1. The third kappa shape index (κ3) is 3.36. The Labute approximate surface area is 188 Å². The molecule has 2 bridgehead atoms. The van der Waals surface area contributed by atoms with Gasteiger partial charge in [-0.25, -0.2) is 18.7 Å². The molecule has 0 radical (unpaired) electrons. The number of alkyl halides is 3. The second-order valence-electron chi connectivity index (χ2n) is 7.61. The van der Waals surface area contributed by atoms with Crippen molar-refractivity contribution in [2.75, 3.05) is 20.3 Å². The van der Waals surface area contributed by atoms with Gasteiger partial charge in [0.05, 0.1) is 31.9 Å². The molecule has 9 nitrogen and oxygen atoms in total. The van der Waals surface area contributed by atoms with Crippen LogP contribution in [0.5, 0.6) is 5.75 Å². The Morgan fingerprint density at radius 2 is 1.88 bits per heavy atom. The molecule has 1 amide bonds. The number of pyridine rings is 2. The molecule has 5 rings (SSSR count). The summed E-state index contributed by atoms with van der Waals surface area (Å²) in [4.78, 5) is 21.5. The number of methoxy groups -OCH3 is 1. The number of fused-ring (bicyclic) bond motifs is 4. The van der Waals surface area contributed by atoms with Crippen LogP contribution in [-0.2, 0) is 17.5 Å². The maximum absolute atomic E-state index is 14.8. The molecule has 0 aromatic carbocycles. The molecule has 0 unspecified atom stereocenters. The zero-order chi connectivity index (χ0) is 24.2. The molecule has 1 fully saturated rings. The molecule has 34 heavy (non-hydrogen) atoms. The minimum absolute atomic E-state index is 0.0200. The molecule has 14 heteroatoms. The Bertz CT molecular complexity index is 1280. The van der Waals surface area contributed by atoms with Crippen LogP contribution in [0.25, 0.3) is 11.5 Å². The fraction of sp³-hybridized carbons (Fsp3) is 0.350. The highest BCUT2D eigenvalue weighted by Gasteiger charge is 2.46. The first-order valence-corrected chi connectivity index (χ1v) is 9.96. The van der Waals surface area contributed by atoms with Gasteiger partial charge in [-0.2, -0.15) is 13.2 Å². The average Bonchev–Trinajstić information content (AvgIpc) is 3.21. The Kier molecular flexibility index (Phi) is 5.19. The number of nitrogens with zero attached hydrogens (tertiary/aromatic N) is 6. The topological polar surface area (TPSA) is 95.3 Å². The van der Waals surface area contributed by atoms with Gasteiger partial charge in [-0.3, -0.25) is 4.79 Å². The van der Waals surface area contributed by atoms with Crippen molar-refractivity contribution in [3.05, 3.63) is 53.2 Å². The van der Waals surface area contributed by atoms with E-state index in [0.717, 1.165) is 12.3 Å². The number of halogens is 5. The van der Waals surface area contributed by atoms with Crippen LogP contribution in [-0.4, -0.2) is 61.9 Å². The normalized spacial score (nSPS) is 19.6. The van der Waals surface area contributed by atoms with E-state index in [-0.39, 0.29) is 42.9 Å². The van der Waals surface area contributed by atoms with E-state index in [9.17, 15) is 26.7 Å². The van der Waals surface area contributed by atoms with Crippen molar-refractivity contribution in [1.29, 1.82) is 0 Å². The van der Waals surface area contributed by atoms with Gasteiger partial charge in [0.15, 0.2) is 34.7 Å². The molecule has 1 saturated heterocycles. The summed E-state index contributed by atoms with van der Waals surface area (Å²) in [6.45, 7) is -0.0174. The van der Waals surface area contributed by atoms with Gasteiger partial charge in [-0.1, -0.05) is 0 Å². The molecule has 0 N–H and O–H groups in total. The van der Waals surface area contributed by atoms with Gasteiger partial charge in [0, 0.05) is 25.0 Å². The summed E-state index contributed by atoms with van der Waals surface area (Å²) in [5, 5.41) is 8.09. The Morgan fingerprint density at radius 3 is 2.62 bits per heavy atom. The highest BCUT2D eigenvalue weighted by Crippen LogP contribution is 2.38. The smallest absolute Gasteiger partial charge is 0.436 e. The van der Waals surface area contributed by atoms with Crippen molar-refractivity contribution in [2.45, 2.75) is 24.8 Å². The largest absolute Gasteiger partial charge is 0.494 e. The summed E-state index contributed by atoms with van der Waals surface area (Å²) < 4.78 is 80.8. The van der Waals surface area contributed by atoms with E-state index in [2.05, 4.69) is 20.2 Å². The molecule has 2 atom stereocenters. The molecule has 3 aromatic rings. The molecule has 3 aromatic heterocycles. The number of amides is 1. The molecule has 0 saturated carbocycles. The van der Waals surface area contributed by atoms with Gasteiger partial charge in [0.2, 0.25) is 0 Å². The molecule has 5 heterocycles. The van der Waals surface area contributed by atoms with Crippen molar-refractivity contribution in [2.24, 2.45) is 0 Å². The Morgan fingerprint density at radius 1 is 1.12 bits per heavy atom. The van der Waals surface area contributed by atoms with E-state index < -0.39 is 47.1 Å². The van der Waals surface area contributed by atoms with E-state index in [1.54, 1.807) is 4.57 Å². The number of hydrogen-bond acceptors (Lipinski definition) is 7. The number of ether oxygens (including phenoxy) is 2. The lowest BCUT2D eigenvalue weighted by molar-refractivity contribution is -0.143. The quantitative estimate of drug-likeness (QED) is 0.530. The van der Waals surface area contributed by atoms with Crippen molar-refractivity contribution < 1.29 is 36.2 Å². The van der Waals surface area contributed by atoms with Gasteiger partial charge < -0.3 is 18.9 Å². The fourth-order valence-electron chi connectivity index (χ4n) is 4.19. The van der Waals surface area contributed by atoms with Crippen LogP contribution in [0.1, 0.15) is 27.9 Å². The van der Waals surface area contributed by atoms with Gasteiger partial charge in [-0.15, -0.1) is 10.2 Å². The lowest BCUT2D eigenvalue weighted by Gasteiger charge is -2.45. The lowest BCUT2D eigenvalue weighted by atomic mass is 10.0. The average molecular weight is 482 g/mol. The molecular formula is C20H15F5N6O3. The standard InChI is InChI=1S/C20H15F5N6O3/c1-33-12-3-5-26-15(14(12)22)18-29-28-17-11-8-34-7-9(6-30(17)18)31(11)19(32)10-2-4-27-16(13(10)21)20(23,24)25/h2-5,9,11H,6-8H2,1H3/t9-,11-/m1/s1. The molecule has 0 aliphatic carbocycles. The second kappa shape index (κ2) is 7.97. The van der Waals surface area contributed by atoms with Crippen molar-refractivity contribution in [3.63, 3.8) is 0 Å². The van der Waals surface area contributed by atoms with Gasteiger partial charge in [-0.05, 0) is 6.07 Å². The molecule has 2 aliphatic rings. The van der Waals surface area contributed by atoms with Crippen LogP contribution >= 0.6 is 0 Å². The van der Waals surface area contributed by atoms with E-state index in [4.69, 9.17) is 9.47 Å². The summed E-state index contributed by atoms with van der Waals surface area (Å²) in [5.41, 5.74) is -2.67.